The summed E-state index contributed by atoms with van der Waals surface area (Å²) in [5.74, 6) is 1.74. The molecule has 2 rings (SSSR count). The molecule has 0 radical (unpaired) electrons. The third kappa shape index (κ3) is 1.28. The second-order valence-electron chi connectivity index (χ2n) is 5.36. The Balaban J connectivity index is 2.10. The molecule has 70 valence electrons. The van der Waals surface area contributed by atoms with Crippen LogP contribution in [0.3, 0.4) is 0 Å². The Labute approximate surface area is 75.2 Å². The predicted molar refractivity (Wildman–Crippen MR) is 49.9 cm³/mol. The molecular weight excluding hydrogens is 148 g/mol. The van der Waals surface area contributed by atoms with E-state index in [1.54, 1.807) is 0 Å². The minimum atomic E-state index is 0.00336. The Morgan fingerprint density at radius 2 is 1.92 bits per heavy atom. The van der Waals surface area contributed by atoms with E-state index in [2.05, 4.69) is 13.8 Å². The van der Waals surface area contributed by atoms with Gasteiger partial charge in [0, 0.05) is 0 Å². The largest absolute Gasteiger partial charge is 0.393 e. The molecule has 1 N–H and O–H groups in total. The van der Waals surface area contributed by atoms with E-state index in [4.69, 9.17) is 0 Å². The van der Waals surface area contributed by atoms with Crippen LogP contribution in [0.1, 0.15) is 46.0 Å². The number of hydrogen-bond donors (Lipinski definition) is 1. The summed E-state index contributed by atoms with van der Waals surface area (Å²) in [5.41, 5.74) is 0.506. The second kappa shape index (κ2) is 2.73. The highest BCUT2D eigenvalue weighted by molar-refractivity contribution is 4.94. The monoisotopic (exact) mass is 168 g/mol. The van der Waals surface area contributed by atoms with Gasteiger partial charge in [-0.05, 0) is 49.4 Å². The van der Waals surface area contributed by atoms with Crippen molar-refractivity contribution in [1.82, 2.24) is 0 Å². The first-order valence-electron chi connectivity index (χ1n) is 5.28. The van der Waals surface area contributed by atoms with Gasteiger partial charge in [0.1, 0.15) is 0 Å². The molecule has 3 atom stereocenters. The predicted octanol–water partition coefficient (Wildman–Crippen LogP) is 2.58. The summed E-state index contributed by atoms with van der Waals surface area (Å²) >= 11 is 0. The first-order chi connectivity index (χ1) is 5.59. The first kappa shape index (κ1) is 8.55. The maximum Gasteiger partial charge on any atom is 0.0543 e. The van der Waals surface area contributed by atoms with E-state index in [1.165, 1.54) is 19.3 Å². The summed E-state index contributed by atoms with van der Waals surface area (Å²) in [7, 11) is 0. The zero-order valence-corrected chi connectivity index (χ0v) is 8.21. The lowest BCUT2D eigenvalue weighted by Gasteiger charge is -2.36. The standard InChI is InChI=1S/C11H20O/c1-11(2)6-5-8-3-4-9(12)7-10(8)11/h8-10,12H,3-7H2,1-2H3. The van der Waals surface area contributed by atoms with E-state index >= 15 is 0 Å². The van der Waals surface area contributed by atoms with Gasteiger partial charge in [-0.1, -0.05) is 13.8 Å². The van der Waals surface area contributed by atoms with Crippen LogP contribution in [-0.4, -0.2) is 11.2 Å². The van der Waals surface area contributed by atoms with Gasteiger partial charge in [-0.2, -0.15) is 0 Å². The van der Waals surface area contributed by atoms with Crippen molar-refractivity contribution < 1.29 is 5.11 Å². The molecule has 3 unspecified atom stereocenters. The van der Waals surface area contributed by atoms with Crippen LogP contribution in [0.2, 0.25) is 0 Å². The van der Waals surface area contributed by atoms with Crippen molar-refractivity contribution in [2.75, 3.05) is 0 Å². The highest BCUT2D eigenvalue weighted by atomic mass is 16.3. The molecule has 0 aliphatic heterocycles. The van der Waals surface area contributed by atoms with Crippen molar-refractivity contribution in [3.8, 4) is 0 Å². The third-order valence-corrected chi connectivity index (χ3v) is 4.13. The van der Waals surface area contributed by atoms with Crippen molar-refractivity contribution in [3.05, 3.63) is 0 Å². The molecule has 0 heterocycles. The minimum absolute atomic E-state index is 0.00336. The maximum atomic E-state index is 9.59. The number of aliphatic hydroxyl groups excluding tert-OH is 1. The van der Waals surface area contributed by atoms with Gasteiger partial charge < -0.3 is 5.11 Å². The quantitative estimate of drug-likeness (QED) is 0.589. The van der Waals surface area contributed by atoms with Gasteiger partial charge in [0.2, 0.25) is 0 Å². The Morgan fingerprint density at radius 3 is 2.67 bits per heavy atom. The van der Waals surface area contributed by atoms with Gasteiger partial charge in [-0.15, -0.1) is 0 Å². The molecule has 1 nitrogen and oxygen atoms in total. The van der Waals surface area contributed by atoms with Crippen LogP contribution in [0.15, 0.2) is 0 Å². The fraction of sp³-hybridized carbons (Fsp3) is 1.00. The van der Waals surface area contributed by atoms with Gasteiger partial charge >= 0.3 is 0 Å². The topological polar surface area (TPSA) is 20.2 Å². The minimum Gasteiger partial charge on any atom is -0.393 e. The fourth-order valence-corrected chi connectivity index (χ4v) is 3.26. The Kier molecular flexibility index (Phi) is 1.95. The maximum absolute atomic E-state index is 9.59. The third-order valence-electron chi connectivity index (χ3n) is 4.13. The molecule has 1 heteroatoms. The second-order valence-corrected chi connectivity index (χ2v) is 5.36. The lowest BCUT2D eigenvalue weighted by Crippen LogP contribution is -2.31. The van der Waals surface area contributed by atoms with Crippen LogP contribution < -0.4 is 0 Å². The molecule has 0 amide bonds. The molecule has 0 bridgehead atoms. The van der Waals surface area contributed by atoms with E-state index in [1.807, 2.05) is 0 Å². The van der Waals surface area contributed by atoms with Gasteiger partial charge in [-0.3, -0.25) is 0 Å². The van der Waals surface area contributed by atoms with Crippen LogP contribution in [0, 0.1) is 17.3 Å². The van der Waals surface area contributed by atoms with Crippen molar-refractivity contribution >= 4 is 0 Å². The summed E-state index contributed by atoms with van der Waals surface area (Å²) < 4.78 is 0. The van der Waals surface area contributed by atoms with Crippen LogP contribution in [0.25, 0.3) is 0 Å². The summed E-state index contributed by atoms with van der Waals surface area (Å²) in [6.07, 6.45) is 6.17. The Hall–Kier alpha value is -0.0400. The van der Waals surface area contributed by atoms with Crippen molar-refractivity contribution in [3.63, 3.8) is 0 Å². The summed E-state index contributed by atoms with van der Waals surface area (Å²) in [6.45, 7) is 4.74. The summed E-state index contributed by atoms with van der Waals surface area (Å²) in [6, 6.07) is 0. The summed E-state index contributed by atoms with van der Waals surface area (Å²) in [4.78, 5) is 0. The normalized spacial score (nSPS) is 45.8. The Bertz CT molecular complexity index is 174. The first-order valence-corrected chi connectivity index (χ1v) is 5.28. The highest BCUT2D eigenvalue weighted by Crippen LogP contribution is 2.52. The summed E-state index contributed by atoms with van der Waals surface area (Å²) in [5, 5.41) is 9.59. The SMILES string of the molecule is CC1(C)CCC2CCC(O)CC21. The molecule has 0 saturated heterocycles. The van der Waals surface area contributed by atoms with Gasteiger partial charge in [0.25, 0.3) is 0 Å². The zero-order chi connectivity index (χ0) is 8.77. The molecule has 2 fully saturated rings. The number of hydrogen-bond acceptors (Lipinski definition) is 1. The Morgan fingerprint density at radius 1 is 1.17 bits per heavy atom. The van der Waals surface area contributed by atoms with E-state index in [9.17, 15) is 5.11 Å². The molecule has 0 aromatic heterocycles. The van der Waals surface area contributed by atoms with E-state index < -0.39 is 0 Å². The van der Waals surface area contributed by atoms with Gasteiger partial charge in [0.15, 0.2) is 0 Å². The average Bonchev–Trinajstić information content (AvgIpc) is 2.28. The van der Waals surface area contributed by atoms with Crippen LogP contribution in [0.4, 0.5) is 0 Å². The van der Waals surface area contributed by atoms with E-state index in [0.29, 0.717) is 5.41 Å². The lowest BCUT2D eigenvalue weighted by molar-refractivity contribution is 0.0462. The number of rotatable bonds is 0. The van der Waals surface area contributed by atoms with Crippen LogP contribution >= 0.6 is 0 Å². The average molecular weight is 168 g/mol. The van der Waals surface area contributed by atoms with Crippen molar-refractivity contribution in [1.29, 1.82) is 0 Å². The lowest BCUT2D eigenvalue weighted by atomic mass is 9.71. The number of aliphatic hydroxyl groups is 1. The molecule has 0 spiro atoms. The highest BCUT2D eigenvalue weighted by Gasteiger charge is 2.44. The molecule has 12 heavy (non-hydrogen) atoms. The molecule has 2 aliphatic rings. The van der Waals surface area contributed by atoms with Gasteiger partial charge in [0.05, 0.1) is 6.10 Å². The van der Waals surface area contributed by atoms with Crippen molar-refractivity contribution in [2.45, 2.75) is 52.1 Å². The molecule has 2 aliphatic carbocycles. The van der Waals surface area contributed by atoms with Gasteiger partial charge in [-0.25, -0.2) is 0 Å². The zero-order valence-electron chi connectivity index (χ0n) is 8.21. The smallest absolute Gasteiger partial charge is 0.0543 e. The van der Waals surface area contributed by atoms with Crippen molar-refractivity contribution in [2.24, 2.45) is 17.3 Å². The molecule has 2 saturated carbocycles. The van der Waals surface area contributed by atoms with Crippen LogP contribution in [0.5, 0.6) is 0 Å². The molecule has 0 aromatic carbocycles. The van der Waals surface area contributed by atoms with Crippen LogP contribution in [-0.2, 0) is 0 Å². The fourth-order valence-electron chi connectivity index (χ4n) is 3.26. The van der Waals surface area contributed by atoms with E-state index in [-0.39, 0.29) is 6.10 Å². The molecular formula is C11H20O. The van der Waals surface area contributed by atoms with E-state index in [0.717, 1.165) is 24.7 Å². The molecule has 0 aromatic rings. The number of fused-ring (bicyclic) bond motifs is 1.